The molecule has 1 fully saturated rings. The fraction of sp³-hybridized carbons (Fsp3) is 0.286. The lowest BCUT2D eigenvalue weighted by molar-refractivity contribution is 0.903. The van der Waals surface area contributed by atoms with Gasteiger partial charge in [-0.25, -0.2) is 4.98 Å². The highest BCUT2D eigenvalue weighted by molar-refractivity contribution is 5.42. The fourth-order valence-corrected chi connectivity index (χ4v) is 2.01. The maximum Gasteiger partial charge on any atom is 0.252 e. The number of aromatic nitrogens is 2. The summed E-state index contributed by atoms with van der Waals surface area (Å²) in [5, 5.41) is 3.17. The van der Waals surface area contributed by atoms with Gasteiger partial charge in [-0.3, -0.25) is 4.79 Å². The second-order valence-electron chi connectivity index (χ2n) is 4.89. The van der Waals surface area contributed by atoms with Crippen molar-refractivity contribution in [3.8, 4) is 0 Å². The van der Waals surface area contributed by atoms with Crippen molar-refractivity contribution in [3.63, 3.8) is 0 Å². The van der Waals surface area contributed by atoms with Gasteiger partial charge in [0.05, 0.1) is 0 Å². The molecule has 5 heteroatoms. The van der Waals surface area contributed by atoms with Crippen LogP contribution in [0.25, 0.3) is 0 Å². The van der Waals surface area contributed by atoms with Crippen LogP contribution < -0.4 is 16.6 Å². The molecule has 1 heterocycles. The molecule has 0 unspecified atom stereocenters. The Balaban J connectivity index is 1.74. The first-order chi connectivity index (χ1) is 9.20. The van der Waals surface area contributed by atoms with E-state index in [2.05, 4.69) is 15.3 Å². The van der Waals surface area contributed by atoms with E-state index in [-0.39, 0.29) is 5.56 Å². The van der Waals surface area contributed by atoms with Crippen LogP contribution in [0.3, 0.4) is 0 Å². The van der Waals surface area contributed by atoms with Crippen LogP contribution in [0.1, 0.15) is 30.1 Å². The highest BCUT2D eigenvalue weighted by Crippen LogP contribution is 2.37. The predicted molar refractivity (Wildman–Crippen MR) is 75.0 cm³/mol. The van der Waals surface area contributed by atoms with Crippen molar-refractivity contribution in [3.05, 3.63) is 52.1 Å². The van der Waals surface area contributed by atoms with E-state index in [4.69, 9.17) is 5.73 Å². The van der Waals surface area contributed by atoms with Gasteiger partial charge in [-0.2, -0.15) is 0 Å². The summed E-state index contributed by atoms with van der Waals surface area (Å²) in [6.45, 7) is 0.603. The molecule has 0 bridgehead atoms. The summed E-state index contributed by atoms with van der Waals surface area (Å²) >= 11 is 0. The van der Waals surface area contributed by atoms with Crippen LogP contribution in [-0.4, -0.2) is 9.97 Å². The highest BCUT2D eigenvalue weighted by atomic mass is 16.1. The van der Waals surface area contributed by atoms with Gasteiger partial charge in [0, 0.05) is 24.2 Å². The molecule has 5 nitrogen and oxygen atoms in total. The van der Waals surface area contributed by atoms with Crippen molar-refractivity contribution in [2.75, 3.05) is 11.1 Å². The second-order valence-corrected chi connectivity index (χ2v) is 4.89. The van der Waals surface area contributed by atoms with Gasteiger partial charge in [0.15, 0.2) is 0 Å². The number of aromatic amines is 1. The number of nitrogens with one attached hydrogen (secondary N) is 2. The predicted octanol–water partition coefficient (Wildman–Crippen LogP) is 1.84. The van der Waals surface area contributed by atoms with E-state index < -0.39 is 0 Å². The number of hydrogen-bond acceptors (Lipinski definition) is 4. The fourth-order valence-electron chi connectivity index (χ4n) is 2.01. The zero-order valence-corrected chi connectivity index (χ0v) is 10.5. The van der Waals surface area contributed by atoms with Gasteiger partial charge in [0.2, 0.25) is 0 Å². The van der Waals surface area contributed by atoms with Crippen LogP contribution in [0.15, 0.2) is 35.1 Å². The monoisotopic (exact) mass is 256 g/mol. The van der Waals surface area contributed by atoms with Gasteiger partial charge >= 0.3 is 0 Å². The average molecular weight is 256 g/mol. The minimum atomic E-state index is -0.105. The summed E-state index contributed by atoms with van der Waals surface area (Å²) in [5.41, 5.74) is 7.42. The third-order valence-corrected chi connectivity index (χ3v) is 3.15. The van der Waals surface area contributed by atoms with E-state index in [0.29, 0.717) is 18.3 Å². The lowest BCUT2D eigenvalue weighted by atomic mass is 10.2. The first-order valence-corrected chi connectivity index (χ1v) is 6.40. The van der Waals surface area contributed by atoms with E-state index in [0.717, 1.165) is 29.9 Å². The third-order valence-electron chi connectivity index (χ3n) is 3.15. The van der Waals surface area contributed by atoms with Crippen LogP contribution in [0, 0.1) is 0 Å². The Morgan fingerprint density at radius 1 is 1.37 bits per heavy atom. The molecule has 98 valence electrons. The molecule has 0 amide bonds. The summed E-state index contributed by atoms with van der Waals surface area (Å²) in [7, 11) is 0. The van der Waals surface area contributed by atoms with Crippen LogP contribution in [-0.2, 0) is 6.54 Å². The van der Waals surface area contributed by atoms with Crippen molar-refractivity contribution < 1.29 is 0 Å². The molecular weight excluding hydrogens is 240 g/mol. The molecule has 1 aromatic carbocycles. The molecule has 1 aliphatic rings. The second kappa shape index (κ2) is 4.76. The SMILES string of the molecule is Nc1cccc(CNc2cc(=O)[nH]c(C3CC3)n2)c1. The molecule has 19 heavy (non-hydrogen) atoms. The number of anilines is 2. The van der Waals surface area contributed by atoms with Crippen molar-refractivity contribution in [2.45, 2.75) is 25.3 Å². The van der Waals surface area contributed by atoms with E-state index >= 15 is 0 Å². The first kappa shape index (κ1) is 11.8. The summed E-state index contributed by atoms with van der Waals surface area (Å²) in [6, 6.07) is 9.13. The largest absolute Gasteiger partial charge is 0.399 e. The minimum absolute atomic E-state index is 0.105. The molecule has 0 aliphatic heterocycles. The quantitative estimate of drug-likeness (QED) is 0.729. The molecule has 0 radical (unpaired) electrons. The molecule has 3 rings (SSSR count). The Labute approximate surface area is 110 Å². The summed E-state index contributed by atoms with van der Waals surface area (Å²) < 4.78 is 0. The summed E-state index contributed by atoms with van der Waals surface area (Å²) in [6.07, 6.45) is 2.23. The van der Waals surface area contributed by atoms with Gasteiger partial charge < -0.3 is 16.0 Å². The number of benzene rings is 1. The maximum absolute atomic E-state index is 11.6. The number of rotatable bonds is 4. The first-order valence-electron chi connectivity index (χ1n) is 6.40. The van der Waals surface area contributed by atoms with Gasteiger partial charge in [-0.15, -0.1) is 0 Å². The number of nitrogens with two attached hydrogens (primary N) is 1. The van der Waals surface area contributed by atoms with E-state index in [1.165, 1.54) is 6.07 Å². The Kier molecular flexibility index (Phi) is 2.95. The van der Waals surface area contributed by atoms with Gasteiger partial charge in [0.1, 0.15) is 11.6 Å². The molecule has 1 saturated carbocycles. The molecule has 0 atom stereocenters. The lowest BCUT2D eigenvalue weighted by Crippen LogP contribution is -2.13. The molecule has 2 aromatic rings. The Bertz CT molecular complexity index is 646. The van der Waals surface area contributed by atoms with Crippen LogP contribution in [0.5, 0.6) is 0 Å². The highest BCUT2D eigenvalue weighted by Gasteiger charge is 2.26. The lowest BCUT2D eigenvalue weighted by Gasteiger charge is -2.07. The average Bonchev–Trinajstić information content (AvgIpc) is 3.20. The van der Waals surface area contributed by atoms with Crippen LogP contribution in [0.2, 0.25) is 0 Å². The van der Waals surface area contributed by atoms with E-state index in [1.54, 1.807) is 0 Å². The van der Waals surface area contributed by atoms with Crippen molar-refractivity contribution in [1.29, 1.82) is 0 Å². The zero-order chi connectivity index (χ0) is 13.2. The minimum Gasteiger partial charge on any atom is -0.399 e. The summed E-state index contributed by atoms with van der Waals surface area (Å²) in [4.78, 5) is 18.8. The van der Waals surface area contributed by atoms with Gasteiger partial charge in [-0.05, 0) is 30.5 Å². The molecule has 0 saturated heterocycles. The van der Waals surface area contributed by atoms with Crippen molar-refractivity contribution in [1.82, 2.24) is 9.97 Å². The zero-order valence-electron chi connectivity index (χ0n) is 10.5. The van der Waals surface area contributed by atoms with Gasteiger partial charge in [0.25, 0.3) is 5.56 Å². The van der Waals surface area contributed by atoms with E-state index in [9.17, 15) is 4.79 Å². The molecule has 4 N–H and O–H groups in total. The van der Waals surface area contributed by atoms with Crippen molar-refractivity contribution >= 4 is 11.5 Å². The number of hydrogen-bond donors (Lipinski definition) is 3. The Morgan fingerprint density at radius 2 is 2.21 bits per heavy atom. The number of H-pyrrole nitrogens is 1. The van der Waals surface area contributed by atoms with Crippen molar-refractivity contribution in [2.24, 2.45) is 0 Å². The van der Waals surface area contributed by atoms with Crippen LogP contribution >= 0.6 is 0 Å². The number of nitrogen functional groups attached to an aromatic ring is 1. The molecular formula is C14H16N4O. The molecule has 1 aliphatic carbocycles. The van der Waals surface area contributed by atoms with Gasteiger partial charge in [-0.1, -0.05) is 12.1 Å². The van der Waals surface area contributed by atoms with Crippen LogP contribution in [0.4, 0.5) is 11.5 Å². The smallest absolute Gasteiger partial charge is 0.252 e. The number of nitrogens with zero attached hydrogens (tertiary/aromatic N) is 1. The molecule has 0 spiro atoms. The standard InChI is InChI=1S/C14H16N4O/c15-11-3-1-2-9(6-11)8-16-12-7-13(19)18-14(17-12)10-4-5-10/h1-3,6-7,10H,4-5,8,15H2,(H2,16,17,18,19). The molecule has 1 aromatic heterocycles. The van der Waals surface area contributed by atoms with E-state index in [1.807, 2.05) is 24.3 Å². The third kappa shape index (κ3) is 2.93. The normalized spacial score (nSPS) is 14.3. The summed E-state index contributed by atoms with van der Waals surface area (Å²) in [5.74, 6) is 1.84. The Morgan fingerprint density at radius 3 is 2.95 bits per heavy atom. The Hall–Kier alpha value is -2.30. The maximum atomic E-state index is 11.6. The topological polar surface area (TPSA) is 83.8 Å².